The minimum atomic E-state index is 0.0716. The lowest BCUT2D eigenvalue weighted by atomic mass is 10.1. The third-order valence-corrected chi connectivity index (χ3v) is 3.91. The number of hydrogen-bond donors (Lipinski definition) is 0. The Kier molecular flexibility index (Phi) is 3.44. The number of carbonyl (C=O) groups excluding carboxylic acids is 1. The molecule has 2 unspecified atom stereocenters. The number of nitrogens with zero attached hydrogens (tertiary/aromatic N) is 1. The summed E-state index contributed by atoms with van der Waals surface area (Å²) in [5.41, 5.74) is 0. The number of hydrogen-bond acceptors (Lipinski definition) is 2. The zero-order valence-electron chi connectivity index (χ0n) is 8.25. The molecule has 4 heteroatoms. The van der Waals surface area contributed by atoms with Gasteiger partial charge in [0.2, 0.25) is 5.91 Å². The SMILES string of the molecule is O=C1C(Br)CCN1CCC1CCOC1. The average molecular weight is 262 g/mol. The smallest absolute Gasteiger partial charge is 0.236 e. The number of alkyl halides is 1. The van der Waals surface area contributed by atoms with Crippen molar-refractivity contribution in [2.24, 2.45) is 5.92 Å². The van der Waals surface area contributed by atoms with E-state index in [2.05, 4.69) is 15.9 Å². The molecule has 2 rings (SSSR count). The van der Waals surface area contributed by atoms with Gasteiger partial charge in [-0.05, 0) is 25.2 Å². The molecule has 0 radical (unpaired) electrons. The molecule has 0 aromatic rings. The summed E-state index contributed by atoms with van der Waals surface area (Å²) in [6, 6.07) is 0. The summed E-state index contributed by atoms with van der Waals surface area (Å²) in [7, 11) is 0. The van der Waals surface area contributed by atoms with Crippen LogP contribution in [0.2, 0.25) is 0 Å². The predicted octanol–water partition coefficient (Wildman–Crippen LogP) is 1.41. The maximum Gasteiger partial charge on any atom is 0.236 e. The first kappa shape index (κ1) is 10.4. The Bertz CT molecular complexity index is 216. The second-order valence-corrected chi connectivity index (χ2v) is 5.21. The third-order valence-electron chi connectivity index (χ3n) is 3.06. The molecule has 2 aliphatic rings. The van der Waals surface area contributed by atoms with E-state index in [1.165, 1.54) is 6.42 Å². The van der Waals surface area contributed by atoms with Gasteiger partial charge in [0.15, 0.2) is 0 Å². The van der Waals surface area contributed by atoms with E-state index in [4.69, 9.17) is 4.74 Å². The van der Waals surface area contributed by atoms with Crippen LogP contribution in [0.25, 0.3) is 0 Å². The van der Waals surface area contributed by atoms with Crippen LogP contribution in [-0.2, 0) is 9.53 Å². The molecule has 3 nitrogen and oxygen atoms in total. The van der Waals surface area contributed by atoms with Crippen LogP contribution in [0.15, 0.2) is 0 Å². The maximum absolute atomic E-state index is 11.6. The van der Waals surface area contributed by atoms with Crippen LogP contribution in [0.5, 0.6) is 0 Å². The van der Waals surface area contributed by atoms with Crippen molar-refractivity contribution in [2.45, 2.75) is 24.1 Å². The second kappa shape index (κ2) is 4.62. The molecule has 0 aromatic heterocycles. The Morgan fingerprint density at radius 2 is 2.36 bits per heavy atom. The highest BCUT2D eigenvalue weighted by Gasteiger charge is 2.29. The molecule has 80 valence electrons. The summed E-state index contributed by atoms with van der Waals surface area (Å²) in [6.07, 6.45) is 3.23. The van der Waals surface area contributed by atoms with Gasteiger partial charge in [0.05, 0.1) is 4.83 Å². The standard InChI is InChI=1S/C10H16BrNO2/c11-9-2-5-12(10(9)13)4-1-8-3-6-14-7-8/h8-9H,1-7H2. The number of ether oxygens (including phenoxy) is 1. The van der Waals surface area contributed by atoms with Gasteiger partial charge in [0, 0.05) is 26.3 Å². The van der Waals surface area contributed by atoms with Crippen molar-refractivity contribution >= 4 is 21.8 Å². The fourth-order valence-electron chi connectivity index (χ4n) is 2.07. The highest BCUT2D eigenvalue weighted by atomic mass is 79.9. The zero-order chi connectivity index (χ0) is 9.97. The summed E-state index contributed by atoms with van der Waals surface area (Å²) >= 11 is 3.38. The van der Waals surface area contributed by atoms with E-state index in [0.717, 1.165) is 39.1 Å². The molecule has 2 atom stereocenters. The topological polar surface area (TPSA) is 29.5 Å². The van der Waals surface area contributed by atoms with Gasteiger partial charge in [-0.2, -0.15) is 0 Å². The monoisotopic (exact) mass is 261 g/mol. The fraction of sp³-hybridized carbons (Fsp3) is 0.900. The van der Waals surface area contributed by atoms with Crippen molar-refractivity contribution in [3.63, 3.8) is 0 Å². The van der Waals surface area contributed by atoms with Crippen LogP contribution in [0.4, 0.5) is 0 Å². The van der Waals surface area contributed by atoms with Crippen molar-refractivity contribution in [1.82, 2.24) is 4.90 Å². The molecule has 0 bridgehead atoms. The van der Waals surface area contributed by atoms with Gasteiger partial charge in [-0.15, -0.1) is 0 Å². The van der Waals surface area contributed by atoms with Crippen LogP contribution >= 0.6 is 15.9 Å². The first-order valence-corrected chi connectivity index (χ1v) is 6.19. The van der Waals surface area contributed by atoms with Crippen molar-refractivity contribution in [3.05, 3.63) is 0 Å². The molecular formula is C10H16BrNO2. The van der Waals surface area contributed by atoms with Crippen molar-refractivity contribution in [2.75, 3.05) is 26.3 Å². The Morgan fingerprint density at radius 3 is 2.93 bits per heavy atom. The number of rotatable bonds is 3. The van der Waals surface area contributed by atoms with Gasteiger partial charge in [0.1, 0.15) is 0 Å². The molecule has 2 heterocycles. The summed E-state index contributed by atoms with van der Waals surface area (Å²) < 4.78 is 5.31. The molecule has 14 heavy (non-hydrogen) atoms. The molecule has 0 spiro atoms. The fourth-order valence-corrected chi connectivity index (χ4v) is 2.57. The van der Waals surface area contributed by atoms with Gasteiger partial charge in [-0.25, -0.2) is 0 Å². The van der Waals surface area contributed by atoms with E-state index in [0.29, 0.717) is 5.92 Å². The predicted molar refractivity (Wildman–Crippen MR) is 57.5 cm³/mol. The minimum absolute atomic E-state index is 0.0716. The van der Waals surface area contributed by atoms with Gasteiger partial charge in [-0.1, -0.05) is 15.9 Å². The molecule has 0 saturated carbocycles. The first-order valence-electron chi connectivity index (χ1n) is 5.28. The molecule has 2 saturated heterocycles. The van der Waals surface area contributed by atoms with Crippen LogP contribution in [0.3, 0.4) is 0 Å². The largest absolute Gasteiger partial charge is 0.381 e. The summed E-state index contributed by atoms with van der Waals surface area (Å²) in [5, 5.41) is 0. The lowest BCUT2D eigenvalue weighted by molar-refractivity contribution is -0.127. The van der Waals surface area contributed by atoms with Crippen molar-refractivity contribution in [3.8, 4) is 0 Å². The van der Waals surface area contributed by atoms with E-state index in [-0.39, 0.29) is 10.7 Å². The minimum Gasteiger partial charge on any atom is -0.381 e. The van der Waals surface area contributed by atoms with Gasteiger partial charge >= 0.3 is 0 Å². The molecule has 2 fully saturated rings. The van der Waals surface area contributed by atoms with Gasteiger partial charge < -0.3 is 9.64 Å². The Morgan fingerprint density at radius 1 is 1.50 bits per heavy atom. The number of likely N-dealkylation sites (tertiary alicyclic amines) is 1. The van der Waals surface area contributed by atoms with Crippen LogP contribution in [0.1, 0.15) is 19.3 Å². The van der Waals surface area contributed by atoms with Crippen molar-refractivity contribution < 1.29 is 9.53 Å². The Labute approximate surface area is 92.9 Å². The lowest BCUT2D eigenvalue weighted by Gasteiger charge is -2.17. The van der Waals surface area contributed by atoms with Crippen LogP contribution in [0, 0.1) is 5.92 Å². The molecule has 1 amide bonds. The van der Waals surface area contributed by atoms with E-state index in [1.54, 1.807) is 0 Å². The van der Waals surface area contributed by atoms with E-state index >= 15 is 0 Å². The molecular weight excluding hydrogens is 246 g/mol. The average Bonchev–Trinajstić information content (AvgIpc) is 2.77. The summed E-state index contributed by atoms with van der Waals surface area (Å²) in [5.74, 6) is 0.945. The lowest BCUT2D eigenvalue weighted by Crippen LogP contribution is -2.29. The van der Waals surface area contributed by atoms with Gasteiger partial charge in [0.25, 0.3) is 0 Å². The zero-order valence-corrected chi connectivity index (χ0v) is 9.83. The second-order valence-electron chi connectivity index (χ2n) is 4.10. The van der Waals surface area contributed by atoms with Crippen molar-refractivity contribution in [1.29, 1.82) is 0 Å². The van der Waals surface area contributed by atoms with Gasteiger partial charge in [-0.3, -0.25) is 4.79 Å². The number of amides is 1. The first-order chi connectivity index (χ1) is 6.77. The number of carbonyl (C=O) groups is 1. The highest BCUT2D eigenvalue weighted by molar-refractivity contribution is 9.10. The van der Waals surface area contributed by atoms with E-state index in [1.807, 2.05) is 4.90 Å². The molecule has 0 aliphatic carbocycles. The summed E-state index contributed by atoms with van der Waals surface area (Å²) in [6.45, 7) is 3.62. The highest BCUT2D eigenvalue weighted by Crippen LogP contribution is 2.21. The molecule has 0 aromatic carbocycles. The molecule has 0 N–H and O–H groups in total. The van der Waals surface area contributed by atoms with Crippen LogP contribution in [-0.4, -0.2) is 41.9 Å². The number of halogens is 1. The van der Waals surface area contributed by atoms with Crippen LogP contribution < -0.4 is 0 Å². The third kappa shape index (κ3) is 2.28. The normalized spacial score (nSPS) is 32.9. The Hall–Kier alpha value is -0.0900. The summed E-state index contributed by atoms with van der Waals surface area (Å²) in [4.78, 5) is 13.6. The van der Waals surface area contributed by atoms with E-state index in [9.17, 15) is 4.79 Å². The maximum atomic E-state index is 11.6. The quantitative estimate of drug-likeness (QED) is 0.720. The Balaban J connectivity index is 1.72. The molecule has 2 aliphatic heterocycles. The van der Waals surface area contributed by atoms with E-state index < -0.39 is 0 Å².